The molecule has 1 aliphatic rings. The first-order valence-corrected chi connectivity index (χ1v) is 6.52. The van der Waals surface area contributed by atoms with Crippen LogP contribution in [-0.4, -0.2) is 26.3 Å². The molecule has 2 aromatic carbocycles. The molecule has 1 saturated heterocycles. The van der Waals surface area contributed by atoms with Crippen molar-refractivity contribution in [2.75, 3.05) is 31.2 Å². The number of morpholine rings is 1. The first-order valence-electron chi connectivity index (χ1n) is 6.52. The zero-order chi connectivity index (χ0) is 13.1. The molecule has 0 spiro atoms. The van der Waals surface area contributed by atoms with E-state index in [1.807, 2.05) is 0 Å². The first kappa shape index (κ1) is 12.2. The molecule has 0 atom stereocenters. The normalized spacial score (nSPS) is 15.5. The number of hydrogen-bond donors (Lipinski definition) is 0. The summed E-state index contributed by atoms with van der Waals surface area (Å²) in [6.45, 7) is 3.46. The molecule has 1 aliphatic heterocycles. The molecule has 1 heterocycles. The fourth-order valence-corrected chi connectivity index (χ4v) is 2.33. The van der Waals surface area contributed by atoms with Crippen LogP contribution >= 0.6 is 0 Å². The number of anilines is 1. The van der Waals surface area contributed by atoms with E-state index in [1.54, 1.807) is 12.1 Å². The summed E-state index contributed by atoms with van der Waals surface area (Å²) in [6.07, 6.45) is 0. The molecule has 0 N–H and O–H groups in total. The van der Waals surface area contributed by atoms with Gasteiger partial charge < -0.3 is 9.64 Å². The summed E-state index contributed by atoms with van der Waals surface area (Å²) in [5, 5.41) is 0. The smallest absolute Gasteiger partial charge is 0.123 e. The summed E-state index contributed by atoms with van der Waals surface area (Å²) in [7, 11) is 0. The van der Waals surface area contributed by atoms with Crippen molar-refractivity contribution in [2.24, 2.45) is 0 Å². The Morgan fingerprint density at radius 3 is 1.89 bits per heavy atom. The highest BCUT2D eigenvalue weighted by atomic mass is 19.1. The number of hydrogen-bond acceptors (Lipinski definition) is 2. The van der Waals surface area contributed by atoms with Crippen LogP contribution < -0.4 is 4.90 Å². The van der Waals surface area contributed by atoms with Crippen LogP contribution in [0, 0.1) is 5.82 Å². The minimum absolute atomic E-state index is 0.200. The minimum Gasteiger partial charge on any atom is -0.378 e. The molecule has 3 rings (SSSR count). The average Bonchev–Trinajstić information content (AvgIpc) is 2.49. The monoisotopic (exact) mass is 257 g/mol. The maximum atomic E-state index is 12.9. The number of nitrogens with zero attached hydrogens (tertiary/aromatic N) is 1. The Labute approximate surface area is 112 Å². The lowest BCUT2D eigenvalue weighted by atomic mass is 10.1. The lowest BCUT2D eigenvalue weighted by Gasteiger charge is -2.28. The molecule has 0 aromatic heterocycles. The van der Waals surface area contributed by atoms with E-state index >= 15 is 0 Å². The van der Waals surface area contributed by atoms with Gasteiger partial charge in [0.2, 0.25) is 0 Å². The van der Waals surface area contributed by atoms with E-state index in [2.05, 4.69) is 29.2 Å². The molecule has 2 nitrogen and oxygen atoms in total. The summed E-state index contributed by atoms with van der Waals surface area (Å²) in [4.78, 5) is 2.32. The van der Waals surface area contributed by atoms with Crippen molar-refractivity contribution in [1.82, 2.24) is 0 Å². The molecule has 2 aromatic rings. The highest BCUT2D eigenvalue weighted by molar-refractivity contribution is 5.66. The van der Waals surface area contributed by atoms with E-state index in [-0.39, 0.29) is 5.82 Å². The molecule has 0 unspecified atom stereocenters. The largest absolute Gasteiger partial charge is 0.378 e. The van der Waals surface area contributed by atoms with Crippen molar-refractivity contribution < 1.29 is 9.13 Å². The van der Waals surface area contributed by atoms with Crippen molar-refractivity contribution in [1.29, 1.82) is 0 Å². The zero-order valence-corrected chi connectivity index (χ0v) is 10.7. The number of rotatable bonds is 2. The molecule has 3 heteroatoms. The maximum absolute atomic E-state index is 12.9. The Hall–Kier alpha value is -1.87. The third kappa shape index (κ3) is 2.76. The van der Waals surface area contributed by atoms with E-state index in [1.165, 1.54) is 17.8 Å². The van der Waals surface area contributed by atoms with Gasteiger partial charge in [-0.2, -0.15) is 0 Å². The van der Waals surface area contributed by atoms with Crippen molar-refractivity contribution in [3.8, 4) is 11.1 Å². The van der Waals surface area contributed by atoms with Crippen LogP contribution in [0.25, 0.3) is 11.1 Å². The Kier molecular flexibility index (Phi) is 3.47. The minimum atomic E-state index is -0.200. The molecule has 19 heavy (non-hydrogen) atoms. The van der Waals surface area contributed by atoms with Crippen LogP contribution in [0.1, 0.15) is 0 Å². The molecule has 98 valence electrons. The van der Waals surface area contributed by atoms with Gasteiger partial charge in [0.25, 0.3) is 0 Å². The molecule has 0 bridgehead atoms. The summed E-state index contributed by atoms with van der Waals surface area (Å²) < 4.78 is 18.2. The van der Waals surface area contributed by atoms with Crippen LogP contribution in [0.5, 0.6) is 0 Å². The molecule has 0 amide bonds. The van der Waals surface area contributed by atoms with Crippen molar-refractivity contribution in [3.05, 3.63) is 54.3 Å². The van der Waals surface area contributed by atoms with Gasteiger partial charge in [-0.1, -0.05) is 24.3 Å². The standard InChI is InChI=1S/C16H16FNO/c17-15-5-1-13(2-6-15)14-3-7-16(8-4-14)18-9-11-19-12-10-18/h1-8H,9-12H2. The summed E-state index contributed by atoms with van der Waals surface area (Å²) in [5.74, 6) is -0.200. The third-order valence-corrected chi connectivity index (χ3v) is 3.42. The van der Waals surface area contributed by atoms with Gasteiger partial charge in [0.1, 0.15) is 5.82 Å². The molecular weight excluding hydrogens is 241 g/mol. The van der Waals surface area contributed by atoms with Crippen molar-refractivity contribution in [3.63, 3.8) is 0 Å². The molecular formula is C16H16FNO. The van der Waals surface area contributed by atoms with Gasteiger partial charge in [0.05, 0.1) is 13.2 Å². The van der Waals surface area contributed by atoms with E-state index < -0.39 is 0 Å². The van der Waals surface area contributed by atoms with Gasteiger partial charge in [-0.3, -0.25) is 0 Å². The fraction of sp³-hybridized carbons (Fsp3) is 0.250. The quantitative estimate of drug-likeness (QED) is 0.818. The van der Waals surface area contributed by atoms with E-state index in [9.17, 15) is 4.39 Å². The second-order valence-corrected chi connectivity index (χ2v) is 4.65. The first-order chi connectivity index (χ1) is 9.33. The van der Waals surface area contributed by atoms with Crippen LogP contribution in [0.15, 0.2) is 48.5 Å². The topological polar surface area (TPSA) is 12.5 Å². The molecule has 0 radical (unpaired) electrons. The van der Waals surface area contributed by atoms with E-state index in [0.29, 0.717) is 0 Å². The summed E-state index contributed by atoms with van der Waals surface area (Å²) in [6, 6.07) is 15.0. The predicted octanol–water partition coefficient (Wildman–Crippen LogP) is 3.33. The van der Waals surface area contributed by atoms with Gasteiger partial charge in [0.15, 0.2) is 0 Å². The van der Waals surface area contributed by atoms with Crippen LogP contribution in [0.3, 0.4) is 0 Å². The van der Waals surface area contributed by atoms with Gasteiger partial charge in [-0.05, 0) is 35.4 Å². The SMILES string of the molecule is Fc1ccc(-c2ccc(N3CCOCC3)cc2)cc1. The summed E-state index contributed by atoms with van der Waals surface area (Å²) >= 11 is 0. The number of halogens is 1. The zero-order valence-electron chi connectivity index (χ0n) is 10.7. The van der Waals surface area contributed by atoms with Gasteiger partial charge >= 0.3 is 0 Å². The van der Waals surface area contributed by atoms with Crippen LogP contribution in [-0.2, 0) is 4.74 Å². The third-order valence-electron chi connectivity index (χ3n) is 3.42. The van der Waals surface area contributed by atoms with Gasteiger partial charge in [-0.15, -0.1) is 0 Å². The molecule has 0 aliphatic carbocycles. The predicted molar refractivity (Wildman–Crippen MR) is 74.9 cm³/mol. The Bertz CT molecular complexity index is 530. The highest BCUT2D eigenvalue weighted by Crippen LogP contribution is 2.23. The lowest BCUT2D eigenvalue weighted by Crippen LogP contribution is -2.36. The van der Waals surface area contributed by atoms with Gasteiger partial charge in [0, 0.05) is 18.8 Å². The average molecular weight is 257 g/mol. The Morgan fingerprint density at radius 1 is 0.789 bits per heavy atom. The fourth-order valence-electron chi connectivity index (χ4n) is 2.33. The highest BCUT2D eigenvalue weighted by Gasteiger charge is 2.10. The van der Waals surface area contributed by atoms with Crippen LogP contribution in [0.2, 0.25) is 0 Å². The number of benzene rings is 2. The molecule has 0 saturated carbocycles. The second-order valence-electron chi connectivity index (χ2n) is 4.65. The second kappa shape index (κ2) is 5.41. The van der Waals surface area contributed by atoms with Crippen molar-refractivity contribution in [2.45, 2.75) is 0 Å². The van der Waals surface area contributed by atoms with Crippen LogP contribution in [0.4, 0.5) is 10.1 Å². The number of ether oxygens (including phenoxy) is 1. The Balaban J connectivity index is 1.80. The van der Waals surface area contributed by atoms with Crippen molar-refractivity contribution >= 4 is 5.69 Å². The maximum Gasteiger partial charge on any atom is 0.123 e. The van der Waals surface area contributed by atoms with Gasteiger partial charge in [-0.25, -0.2) is 4.39 Å². The Morgan fingerprint density at radius 2 is 1.32 bits per heavy atom. The summed E-state index contributed by atoms with van der Waals surface area (Å²) in [5.41, 5.74) is 3.36. The van der Waals surface area contributed by atoms with E-state index in [4.69, 9.17) is 4.74 Å². The van der Waals surface area contributed by atoms with E-state index in [0.717, 1.165) is 37.4 Å². The molecule has 1 fully saturated rings. The lowest BCUT2D eigenvalue weighted by molar-refractivity contribution is 0.122.